The molecule has 2 aliphatic heterocycles. The normalized spacial score (nSPS) is 34.0. The SMILES string of the molecule is CCC(CC)C(=O)N1CSCC1C(=O)N1CC2(C)CC1CC(C)(C)C2. The predicted molar refractivity (Wildman–Crippen MR) is 103 cm³/mol. The first-order chi connectivity index (χ1) is 11.7. The fourth-order valence-electron chi connectivity index (χ4n) is 5.65. The predicted octanol–water partition coefficient (Wildman–Crippen LogP) is 3.75. The highest BCUT2D eigenvalue weighted by atomic mass is 32.2. The van der Waals surface area contributed by atoms with Gasteiger partial charge in [-0.05, 0) is 42.9 Å². The zero-order valence-electron chi connectivity index (χ0n) is 16.5. The smallest absolute Gasteiger partial charge is 0.246 e. The van der Waals surface area contributed by atoms with Crippen molar-refractivity contribution in [2.45, 2.75) is 78.8 Å². The molecule has 2 amide bonds. The summed E-state index contributed by atoms with van der Waals surface area (Å²) in [7, 11) is 0. The molecule has 2 saturated heterocycles. The molecule has 3 rings (SSSR count). The molecule has 0 radical (unpaired) electrons. The minimum atomic E-state index is -0.246. The van der Waals surface area contributed by atoms with E-state index in [1.54, 1.807) is 11.8 Å². The molecule has 3 aliphatic rings. The third kappa shape index (κ3) is 3.58. The van der Waals surface area contributed by atoms with Gasteiger partial charge in [0.25, 0.3) is 0 Å². The van der Waals surface area contributed by atoms with Gasteiger partial charge in [0, 0.05) is 24.3 Å². The van der Waals surface area contributed by atoms with Crippen LogP contribution in [0.4, 0.5) is 0 Å². The van der Waals surface area contributed by atoms with Gasteiger partial charge in [-0.1, -0.05) is 34.6 Å². The first-order valence-corrected chi connectivity index (χ1v) is 11.0. The van der Waals surface area contributed by atoms with Crippen LogP contribution in [0.5, 0.6) is 0 Å². The number of hydrogen-bond acceptors (Lipinski definition) is 3. The maximum Gasteiger partial charge on any atom is 0.246 e. The average molecular weight is 367 g/mol. The first kappa shape index (κ1) is 19.1. The second-order valence-corrected chi connectivity index (χ2v) is 10.5. The lowest BCUT2D eigenvalue weighted by Crippen LogP contribution is -2.51. The van der Waals surface area contributed by atoms with Gasteiger partial charge in [-0.25, -0.2) is 0 Å². The van der Waals surface area contributed by atoms with Crippen molar-refractivity contribution in [2.75, 3.05) is 18.2 Å². The van der Waals surface area contributed by atoms with Crippen molar-refractivity contribution in [3.63, 3.8) is 0 Å². The summed E-state index contributed by atoms with van der Waals surface area (Å²) in [6, 6.07) is 0.112. The Morgan fingerprint density at radius 1 is 1.12 bits per heavy atom. The van der Waals surface area contributed by atoms with E-state index in [0.29, 0.717) is 17.3 Å². The van der Waals surface area contributed by atoms with Crippen LogP contribution < -0.4 is 0 Å². The van der Waals surface area contributed by atoms with Gasteiger partial charge in [-0.15, -0.1) is 11.8 Å². The molecular formula is C20H34N2O2S. The summed E-state index contributed by atoms with van der Waals surface area (Å²) < 4.78 is 0. The van der Waals surface area contributed by atoms with Crippen molar-refractivity contribution in [3.05, 3.63) is 0 Å². The molecule has 0 spiro atoms. The van der Waals surface area contributed by atoms with Gasteiger partial charge in [-0.2, -0.15) is 0 Å². The number of carbonyl (C=O) groups is 2. The Morgan fingerprint density at radius 3 is 2.44 bits per heavy atom. The molecule has 25 heavy (non-hydrogen) atoms. The second kappa shape index (κ2) is 6.79. The second-order valence-electron chi connectivity index (χ2n) is 9.52. The van der Waals surface area contributed by atoms with E-state index in [-0.39, 0.29) is 29.2 Å². The fourth-order valence-corrected chi connectivity index (χ4v) is 6.80. The topological polar surface area (TPSA) is 40.6 Å². The van der Waals surface area contributed by atoms with Crippen LogP contribution in [0, 0.1) is 16.7 Å². The van der Waals surface area contributed by atoms with Crippen molar-refractivity contribution >= 4 is 23.6 Å². The molecule has 0 aromatic heterocycles. The Balaban J connectivity index is 1.75. The van der Waals surface area contributed by atoms with Crippen LogP contribution in [-0.2, 0) is 9.59 Å². The van der Waals surface area contributed by atoms with E-state index < -0.39 is 0 Å². The van der Waals surface area contributed by atoms with Gasteiger partial charge in [0.2, 0.25) is 11.8 Å². The van der Waals surface area contributed by atoms with Crippen LogP contribution in [0.15, 0.2) is 0 Å². The number of fused-ring (bicyclic) bond motifs is 2. The molecule has 3 atom stereocenters. The number of hydrogen-bond donors (Lipinski definition) is 0. The van der Waals surface area contributed by atoms with E-state index in [1.165, 1.54) is 6.42 Å². The van der Waals surface area contributed by atoms with Crippen LogP contribution in [0.2, 0.25) is 0 Å². The maximum absolute atomic E-state index is 13.4. The summed E-state index contributed by atoms with van der Waals surface area (Å²) >= 11 is 1.73. The van der Waals surface area contributed by atoms with Gasteiger partial charge < -0.3 is 9.80 Å². The van der Waals surface area contributed by atoms with Crippen molar-refractivity contribution in [3.8, 4) is 0 Å². The van der Waals surface area contributed by atoms with Crippen LogP contribution in [0.3, 0.4) is 0 Å². The standard InChI is InChI=1S/C20H34N2O2S/c1-6-14(7-2)17(23)22-13-25-10-16(22)18(24)21-12-20(5)9-15(21)8-19(3,4)11-20/h14-16H,6-13H2,1-5H3. The number of carbonyl (C=O) groups excluding carboxylic acids is 2. The molecule has 1 saturated carbocycles. The minimum Gasteiger partial charge on any atom is -0.337 e. The average Bonchev–Trinajstić information content (AvgIpc) is 3.09. The lowest BCUT2D eigenvalue weighted by Gasteiger charge is -2.39. The molecule has 3 unspecified atom stereocenters. The van der Waals surface area contributed by atoms with Crippen LogP contribution in [-0.4, -0.2) is 51.9 Å². The molecule has 2 bridgehead atoms. The Kier molecular flexibility index (Phi) is 5.18. The first-order valence-electron chi connectivity index (χ1n) is 9.88. The van der Waals surface area contributed by atoms with E-state index >= 15 is 0 Å². The Hall–Kier alpha value is -0.710. The molecule has 0 aromatic rings. The largest absolute Gasteiger partial charge is 0.337 e. The highest BCUT2D eigenvalue weighted by Gasteiger charge is 2.52. The summed E-state index contributed by atoms with van der Waals surface area (Å²) in [5.74, 6) is 1.88. The van der Waals surface area contributed by atoms with Crippen LogP contribution >= 0.6 is 11.8 Å². The third-order valence-corrected chi connectivity index (χ3v) is 7.50. The van der Waals surface area contributed by atoms with Gasteiger partial charge in [-0.3, -0.25) is 9.59 Å². The van der Waals surface area contributed by atoms with E-state index in [1.807, 2.05) is 4.90 Å². The quantitative estimate of drug-likeness (QED) is 0.761. The summed E-state index contributed by atoms with van der Waals surface area (Å²) in [5, 5.41) is 0. The number of nitrogens with zero attached hydrogens (tertiary/aromatic N) is 2. The van der Waals surface area contributed by atoms with Crippen molar-refractivity contribution < 1.29 is 9.59 Å². The summed E-state index contributed by atoms with van der Waals surface area (Å²) in [6.45, 7) is 12.0. The molecule has 2 heterocycles. The van der Waals surface area contributed by atoms with E-state index in [9.17, 15) is 9.59 Å². The van der Waals surface area contributed by atoms with Gasteiger partial charge in [0.1, 0.15) is 6.04 Å². The molecule has 0 N–H and O–H groups in total. The number of thioether (sulfide) groups is 1. The Morgan fingerprint density at radius 2 is 1.80 bits per heavy atom. The van der Waals surface area contributed by atoms with Crippen LogP contribution in [0.1, 0.15) is 66.7 Å². The summed E-state index contributed by atoms with van der Waals surface area (Å²) in [6.07, 6.45) is 5.12. The van der Waals surface area contributed by atoms with Crippen molar-refractivity contribution in [1.29, 1.82) is 0 Å². The highest BCUT2D eigenvalue weighted by Crippen LogP contribution is 2.52. The van der Waals surface area contributed by atoms with E-state index in [0.717, 1.165) is 38.0 Å². The Bertz CT molecular complexity index is 546. The zero-order valence-corrected chi connectivity index (χ0v) is 17.3. The van der Waals surface area contributed by atoms with E-state index in [2.05, 4.69) is 39.5 Å². The monoisotopic (exact) mass is 366 g/mol. The lowest BCUT2D eigenvalue weighted by molar-refractivity contribution is -0.146. The molecule has 3 fully saturated rings. The maximum atomic E-state index is 13.4. The third-order valence-electron chi connectivity index (χ3n) is 6.48. The summed E-state index contributed by atoms with van der Waals surface area (Å²) in [4.78, 5) is 30.3. The number of rotatable bonds is 4. The van der Waals surface area contributed by atoms with Crippen molar-refractivity contribution in [1.82, 2.24) is 9.80 Å². The molecule has 1 aliphatic carbocycles. The van der Waals surface area contributed by atoms with Gasteiger partial charge in [0.15, 0.2) is 0 Å². The molecule has 4 nitrogen and oxygen atoms in total. The molecule has 0 aromatic carbocycles. The number of amides is 2. The van der Waals surface area contributed by atoms with Gasteiger partial charge >= 0.3 is 0 Å². The Labute approximate surface area is 157 Å². The van der Waals surface area contributed by atoms with E-state index in [4.69, 9.17) is 0 Å². The summed E-state index contributed by atoms with van der Waals surface area (Å²) in [5.41, 5.74) is 0.556. The molecule has 5 heteroatoms. The van der Waals surface area contributed by atoms with Crippen molar-refractivity contribution in [2.24, 2.45) is 16.7 Å². The highest BCUT2D eigenvalue weighted by molar-refractivity contribution is 7.99. The fraction of sp³-hybridized carbons (Fsp3) is 0.900. The molecular weight excluding hydrogens is 332 g/mol. The molecule has 142 valence electrons. The lowest BCUT2D eigenvalue weighted by atomic mass is 9.65. The number of likely N-dealkylation sites (tertiary alicyclic amines) is 1. The van der Waals surface area contributed by atoms with Crippen LogP contribution in [0.25, 0.3) is 0 Å². The van der Waals surface area contributed by atoms with Gasteiger partial charge in [0.05, 0.1) is 5.88 Å². The minimum absolute atomic E-state index is 0.0586. The zero-order chi connectivity index (χ0) is 18.4.